The van der Waals surface area contributed by atoms with Crippen LogP contribution in [0.2, 0.25) is 0 Å². The molecule has 0 saturated carbocycles. The summed E-state index contributed by atoms with van der Waals surface area (Å²) in [5, 5.41) is 17.0. The molecule has 24 heavy (non-hydrogen) atoms. The van der Waals surface area contributed by atoms with Crippen LogP contribution in [0.15, 0.2) is 36.7 Å². The van der Waals surface area contributed by atoms with Gasteiger partial charge in [0.1, 0.15) is 0 Å². The lowest BCUT2D eigenvalue weighted by atomic mass is 9.96. The number of hydrogen-bond donors (Lipinski definition) is 2. The van der Waals surface area contributed by atoms with Crippen molar-refractivity contribution in [3.63, 3.8) is 0 Å². The number of carbonyl (C=O) groups is 1. The van der Waals surface area contributed by atoms with Crippen molar-refractivity contribution in [2.24, 2.45) is 13.0 Å². The maximum absolute atomic E-state index is 12.3. The van der Waals surface area contributed by atoms with Gasteiger partial charge in [0.05, 0.1) is 12.3 Å². The summed E-state index contributed by atoms with van der Waals surface area (Å²) >= 11 is 0. The average Bonchev–Trinajstić information content (AvgIpc) is 3.02. The van der Waals surface area contributed by atoms with Gasteiger partial charge < -0.3 is 15.3 Å². The van der Waals surface area contributed by atoms with Crippen LogP contribution < -0.4 is 5.32 Å². The van der Waals surface area contributed by atoms with Crippen molar-refractivity contribution in [2.45, 2.75) is 26.0 Å². The zero-order valence-corrected chi connectivity index (χ0v) is 14.1. The predicted molar refractivity (Wildman–Crippen MR) is 92.2 cm³/mol. The highest BCUT2D eigenvalue weighted by Gasteiger charge is 2.27. The first-order chi connectivity index (χ1) is 11.5. The van der Waals surface area contributed by atoms with Crippen molar-refractivity contribution in [1.82, 2.24) is 20.0 Å². The topological polar surface area (TPSA) is 70.4 Å². The number of nitrogens with one attached hydrogen (secondary N) is 1. The highest BCUT2D eigenvalue weighted by atomic mass is 16.3. The fourth-order valence-electron chi connectivity index (χ4n) is 2.95. The maximum atomic E-state index is 12.3. The van der Waals surface area contributed by atoms with E-state index in [0.717, 1.165) is 23.1 Å². The third-order valence-corrected chi connectivity index (χ3v) is 4.61. The molecule has 0 radical (unpaired) electrons. The van der Waals surface area contributed by atoms with Gasteiger partial charge in [0.25, 0.3) is 0 Å². The van der Waals surface area contributed by atoms with E-state index < -0.39 is 6.10 Å². The molecule has 1 aliphatic rings. The summed E-state index contributed by atoms with van der Waals surface area (Å²) in [5.41, 5.74) is 3.17. The molecule has 2 amide bonds. The summed E-state index contributed by atoms with van der Waals surface area (Å²) in [6, 6.07) is 7.95. The van der Waals surface area contributed by atoms with Crippen molar-refractivity contribution >= 4 is 6.03 Å². The molecular formula is C18H24N4O2. The molecule has 1 aromatic heterocycles. The predicted octanol–water partition coefficient (Wildman–Crippen LogP) is 2.00. The highest BCUT2D eigenvalue weighted by Crippen LogP contribution is 2.20. The fourth-order valence-corrected chi connectivity index (χ4v) is 2.95. The Kier molecular flexibility index (Phi) is 4.85. The minimum absolute atomic E-state index is 0.118. The van der Waals surface area contributed by atoms with Crippen LogP contribution in [0, 0.1) is 5.92 Å². The minimum Gasteiger partial charge on any atom is -0.391 e. The van der Waals surface area contributed by atoms with Crippen molar-refractivity contribution < 1.29 is 9.90 Å². The third-order valence-electron chi connectivity index (χ3n) is 4.61. The quantitative estimate of drug-likeness (QED) is 0.905. The number of carbonyl (C=O) groups excluding carboxylic acids is 1. The molecular weight excluding hydrogens is 304 g/mol. The SMILES string of the molecule is CC1CCN(C(=O)NCc2cccc(-c3cnn(C)c3)c2)CC1O. The largest absolute Gasteiger partial charge is 0.391 e. The van der Waals surface area contributed by atoms with Crippen molar-refractivity contribution in [3.05, 3.63) is 42.2 Å². The second-order valence-electron chi connectivity index (χ2n) is 6.54. The lowest BCUT2D eigenvalue weighted by molar-refractivity contribution is 0.0435. The number of urea groups is 1. The summed E-state index contributed by atoms with van der Waals surface area (Å²) < 4.78 is 1.77. The van der Waals surface area contributed by atoms with Gasteiger partial charge in [0.2, 0.25) is 0 Å². The van der Waals surface area contributed by atoms with Gasteiger partial charge in [-0.2, -0.15) is 5.10 Å². The fraction of sp³-hybridized carbons (Fsp3) is 0.444. The Bertz CT molecular complexity index is 713. The normalized spacial score (nSPS) is 20.9. The van der Waals surface area contributed by atoms with Crippen molar-refractivity contribution in [1.29, 1.82) is 0 Å². The Morgan fingerprint density at radius 1 is 1.42 bits per heavy atom. The van der Waals surface area contributed by atoms with E-state index in [0.29, 0.717) is 19.6 Å². The molecule has 3 rings (SSSR count). The molecule has 1 saturated heterocycles. The summed E-state index contributed by atoms with van der Waals surface area (Å²) in [6.07, 6.45) is 4.20. The Labute approximate surface area is 142 Å². The van der Waals surface area contributed by atoms with E-state index in [1.807, 2.05) is 44.6 Å². The number of nitrogens with zero attached hydrogens (tertiary/aromatic N) is 3. The van der Waals surface area contributed by atoms with Crippen LogP contribution in [-0.2, 0) is 13.6 Å². The zero-order chi connectivity index (χ0) is 17.1. The second-order valence-corrected chi connectivity index (χ2v) is 6.54. The summed E-state index contributed by atoms with van der Waals surface area (Å²) in [5.74, 6) is 0.255. The number of aliphatic hydroxyl groups is 1. The number of piperidine rings is 1. The van der Waals surface area contributed by atoms with E-state index in [-0.39, 0.29) is 11.9 Å². The van der Waals surface area contributed by atoms with Crippen LogP contribution in [0.4, 0.5) is 4.79 Å². The second kappa shape index (κ2) is 7.05. The molecule has 0 bridgehead atoms. The summed E-state index contributed by atoms with van der Waals surface area (Å²) in [7, 11) is 1.89. The Morgan fingerprint density at radius 3 is 2.96 bits per heavy atom. The van der Waals surface area contributed by atoms with E-state index >= 15 is 0 Å². The highest BCUT2D eigenvalue weighted by molar-refractivity contribution is 5.74. The number of benzene rings is 1. The first-order valence-corrected chi connectivity index (χ1v) is 8.32. The lowest BCUT2D eigenvalue weighted by Gasteiger charge is -2.34. The number of amides is 2. The lowest BCUT2D eigenvalue weighted by Crippen LogP contribution is -2.49. The van der Waals surface area contributed by atoms with E-state index in [1.54, 1.807) is 9.58 Å². The van der Waals surface area contributed by atoms with Crippen LogP contribution in [-0.4, -0.2) is 45.0 Å². The monoisotopic (exact) mass is 328 g/mol. The van der Waals surface area contributed by atoms with Crippen LogP contribution in [0.3, 0.4) is 0 Å². The molecule has 1 aliphatic heterocycles. The molecule has 2 heterocycles. The number of hydrogen-bond acceptors (Lipinski definition) is 3. The van der Waals surface area contributed by atoms with E-state index in [2.05, 4.69) is 16.5 Å². The third kappa shape index (κ3) is 3.76. The Balaban J connectivity index is 1.59. The molecule has 2 atom stereocenters. The van der Waals surface area contributed by atoms with Crippen molar-refractivity contribution in [2.75, 3.05) is 13.1 Å². The molecule has 2 aromatic rings. The summed E-state index contributed by atoms with van der Waals surface area (Å²) in [4.78, 5) is 14.0. The van der Waals surface area contributed by atoms with Crippen LogP contribution in [0.25, 0.3) is 11.1 Å². The number of rotatable bonds is 3. The minimum atomic E-state index is -0.432. The molecule has 1 fully saturated rings. The standard InChI is InChI=1S/C18H24N4O2/c1-13-6-7-22(12-17(13)23)18(24)19-9-14-4-3-5-15(8-14)16-10-20-21(2)11-16/h3-5,8,10-11,13,17,23H,6-7,9,12H2,1-2H3,(H,19,24). The maximum Gasteiger partial charge on any atom is 0.317 e. The first-order valence-electron chi connectivity index (χ1n) is 8.32. The smallest absolute Gasteiger partial charge is 0.317 e. The molecule has 6 nitrogen and oxygen atoms in total. The van der Waals surface area contributed by atoms with Gasteiger partial charge in [-0.25, -0.2) is 4.79 Å². The number of likely N-dealkylation sites (tertiary alicyclic amines) is 1. The summed E-state index contributed by atoms with van der Waals surface area (Å²) in [6.45, 7) is 3.58. The molecule has 0 aliphatic carbocycles. The first kappa shape index (κ1) is 16.5. The van der Waals surface area contributed by atoms with Gasteiger partial charge >= 0.3 is 6.03 Å². The number of aromatic nitrogens is 2. The van der Waals surface area contributed by atoms with Gasteiger partial charge in [0.15, 0.2) is 0 Å². The molecule has 1 aromatic carbocycles. The number of β-amino-alcohol motifs (C(OH)–C–C–N with tert-alkyl or cyclic N) is 1. The van der Waals surface area contributed by atoms with Gasteiger partial charge in [-0.3, -0.25) is 4.68 Å². The van der Waals surface area contributed by atoms with Gasteiger partial charge in [-0.1, -0.05) is 25.1 Å². The number of aliphatic hydroxyl groups excluding tert-OH is 1. The molecule has 2 unspecified atom stereocenters. The van der Waals surface area contributed by atoms with Gasteiger partial charge in [-0.05, 0) is 29.5 Å². The van der Waals surface area contributed by atoms with Crippen LogP contribution in [0.5, 0.6) is 0 Å². The van der Waals surface area contributed by atoms with E-state index in [4.69, 9.17) is 0 Å². The van der Waals surface area contributed by atoms with Crippen LogP contribution in [0.1, 0.15) is 18.9 Å². The molecule has 0 spiro atoms. The number of aryl methyl sites for hydroxylation is 1. The Hall–Kier alpha value is -2.34. The zero-order valence-electron chi connectivity index (χ0n) is 14.1. The van der Waals surface area contributed by atoms with Gasteiger partial charge in [-0.15, -0.1) is 0 Å². The van der Waals surface area contributed by atoms with Gasteiger partial charge in [0, 0.05) is 38.4 Å². The molecule has 128 valence electrons. The van der Waals surface area contributed by atoms with Crippen LogP contribution >= 0.6 is 0 Å². The van der Waals surface area contributed by atoms with Crippen molar-refractivity contribution in [3.8, 4) is 11.1 Å². The molecule has 2 N–H and O–H groups in total. The van der Waals surface area contributed by atoms with E-state index in [1.165, 1.54) is 0 Å². The average molecular weight is 328 g/mol. The molecule has 6 heteroatoms. The Morgan fingerprint density at radius 2 is 2.25 bits per heavy atom. The van der Waals surface area contributed by atoms with E-state index in [9.17, 15) is 9.90 Å².